The second-order valence-corrected chi connectivity index (χ2v) is 3.16. The van der Waals surface area contributed by atoms with Crippen LogP contribution in [-0.4, -0.2) is 66.3 Å². The second-order valence-electron chi connectivity index (χ2n) is 1.03. The van der Waals surface area contributed by atoms with E-state index in [1.165, 1.54) is 11.7 Å². The zero-order valence-electron chi connectivity index (χ0n) is 2.98. The standard InChI is InChI=1S/C4H6Se.K.H/c1-2-4-5-3-1;;/h1,3H,2,4H2;;. The summed E-state index contributed by atoms with van der Waals surface area (Å²) in [5, 5.41) is 1.45. The molecular formula is C4H7KSe. The molecule has 1 aliphatic heterocycles. The number of allylic oxidation sites excluding steroid dienone is 1. The molecule has 1 rings (SSSR count). The van der Waals surface area contributed by atoms with Gasteiger partial charge in [0, 0.05) is 0 Å². The van der Waals surface area contributed by atoms with Crippen LogP contribution in [0.4, 0.5) is 0 Å². The van der Waals surface area contributed by atoms with Crippen LogP contribution in [-0.2, 0) is 0 Å². The average Bonchev–Trinajstić information content (AvgIpc) is 1.76. The van der Waals surface area contributed by atoms with Gasteiger partial charge in [-0.15, -0.1) is 0 Å². The quantitative estimate of drug-likeness (QED) is 0.464. The van der Waals surface area contributed by atoms with Crippen molar-refractivity contribution in [2.24, 2.45) is 0 Å². The third-order valence-corrected chi connectivity index (χ3v) is 2.39. The van der Waals surface area contributed by atoms with Gasteiger partial charge in [0.15, 0.2) is 0 Å². The summed E-state index contributed by atoms with van der Waals surface area (Å²) in [6.45, 7) is 0. The fraction of sp³-hybridized carbons (Fsp3) is 0.500. The topological polar surface area (TPSA) is 0 Å². The van der Waals surface area contributed by atoms with Crippen molar-refractivity contribution in [3.8, 4) is 0 Å². The molecule has 0 aromatic heterocycles. The van der Waals surface area contributed by atoms with Crippen molar-refractivity contribution < 1.29 is 0 Å². The third kappa shape index (κ3) is 2.97. The fourth-order valence-corrected chi connectivity index (χ4v) is 1.77. The van der Waals surface area contributed by atoms with Crippen molar-refractivity contribution in [1.82, 2.24) is 0 Å². The SMILES string of the molecule is C1=C[Se]CC1.[KH]. The van der Waals surface area contributed by atoms with Crippen LogP contribution in [0.5, 0.6) is 0 Å². The second kappa shape index (κ2) is 5.04. The maximum absolute atomic E-state index is 2.30. The van der Waals surface area contributed by atoms with Crippen molar-refractivity contribution in [2.75, 3.05) is 0 Å². The van der Waals surface area contributed by atoms with Crippen LogP contribution < -0.4 is 0 Å². The van der Waals surface area contributed by atoms with Gasteiger partial charge in [0.1, 0.15) is 0 Å². The summed E-state index contributed by atoms with van der Waals surface area (Å²) < 4.78 is 0. The van der Waals surface area contributed by atoms with Gasteiger partial charge in [0.25, 0.3) is 0 Å². The van der Waals surface area contributed by atoms with E-state index in [1.54, 1.807) is 0 Å². The van der Waals surface area contributed by atoms with Crippen molar-refractivity contribution >= 4 is 66.3 Å². The molecule has 1 aliphatic rings. The van der Waals surface area contributed by atoms with Gasteiger partial charge in [-0.2, -0.15) is 0 Å². The van der Waals surface area contributed by atoms with Gasteiger partial charge < -0.3 is 0 Å². The molecule has 0 N–H and O–H groups in total. The maximum atomic E-state index is 2.30. The Morgan fingerprint density at radius 3 is 2.50 bits per heavy atom. The van der Waals surface area contributed by atoms with E-state index in [9.17, 15) is 0 Å². The van der Waals surface area contributed by atoms with Crippen LogP contribution in [0.15, 0.2) is 11.1 Å². The molecular weight excluding hydrogens is 166 g/mol. The first-order chi connectivity index (χ1) is 2.50. The van der Waals surface area contributed by atoms with Gasteiger partial charge in [-0.1, -0.05) is 0 Å². The third-order valence-electron chi connectivity index (χ3n) is 0.595. The summed E-state index contributed by atoms with van der Waals surface area (Å²) in [5.74, 6) is 0. The van der Waals surface area contributed by atoms with Crippen LogP contribution >= 0.6 is 0 Å². The molecule has 0 spiro atoms. The van der Waals surface area contributed by atoms with E-state index in [0.29, 0.717) is 0 Å². The summed E-state index contributed by atoms with van der Waals surface area (Å²) in [6.07, 6.45) is 3.61. The molecule has 0 atom stereocenters. The summed E-state index contributed by atoms with van der Waals surface area (Å²) in [6, 6.07) is 0. The van der Waals surface area contributed by atoms with Crippen LogP contribution in [0.25, 0.3) is 0 Å². The fourth-order valence-electron chi connectivity index (χ4n) is 0.340. The molecule has 0 nitrogen and oxygen atoms in total. The minimum atomic E-state index is 0. The van der Waals surface area contributed by atoms with Crippen LogP contribution in [0.3, 0.4) is 0 Å². The van der Waals surface area contributed by atoms with Crippen molar-refractivity contribution in [3.05, 3.63) is 11.1 Å². The molecule has 0 aromatic carbocycles. The molecule has 0 saturated carbocycles. The zero-order chi connectivity index (χ0) is 3.54. The predicted molar refractivity (Wildman–Crippen MR) is 31.5 cm³/mol. The van der Waals surface area contributed by atoms with Crippen LogP contribution in [0, 0.1) is 0 Å². The van der Waals surface area contributed by atoms with E-state index >= 15 is 0 Å². The van der Waals surface area contributed by atoms with Crippen molar-refractivity contribution in [1.29, 1.82) is 0 Å². The van der Waals surface area contributed by atoms with E-state index < -0.39 is 0 Å². The Morgan fingerprint density at radius 2 is 2.33 bits per heavy atom. The van der Waals surface area contributed by atoms with E-state index in [2.05, 4.69) is 11.1 Å². The van der Waals surface area contributed by atoms with E-state index in [1.807, 2.05) is 0 Å². The van der Waals surface area contributed by atoms with E-state index in [0.717, 1.165) is 15.0 Å². The molecule has 0 radical (unpaired) electrons. The van der Waals surface area contributed by atoms with Crippen LogP contribution in [0.1, 0.15) is 6.42 Å². The summed E-state index contributed by atoms with van der Waals surface area (Å²) in [5.41, 5.74) is 0. The van der Waals surface area contributed by atoms with Gasteiger partial charge in [0.05, 0.1) is 0 Å². The summed E-state index contributed by atoms with van der Waals surface area (Å²) >= 11 is 0.889. The molecule has 0 saturated heterocycles. The molecule has 0 aromatic rings. The first-order valence-electron chi connectivity index (χ1n) is 1.77. The van der Waals surface area contributed by atoms with Crippen LogP contribution in [0.2, 0.25) is 5.32 Å². The number of hydrogen-bond acceptors (Lipinski definition) is 0. The van der Waals surface area contributed by atoms with Gasteiger partial charge in [0.2, 0.25) is 0 Å². The molecule has 1 heterocycles. The first-order valence-corrected chi connectivity index (χ1v) is 3.97. The number of hydrogen-bond donors (Lipinski definition) is 0. The molecule has 2 heteroatoms. The van der Waals surface area contributed by atoms with Gasteiger partial charge >= 0.3 is 89.1 Å². The van der Waals surface area contributed by atoms with Gasteiger partial charge in [-0.25, -0.2) is 0 Å². The Balaban J connectivity index is 0.000000250. The van der Waals surface area contributed by atoms with Gasteiger partial charge in [-0.05, 0) is 0 Å². The van der Waals surface area contributed by atoms with Crippen molar-refractivity contribution in [2.45, 2.75) is 11.7 Å². The molecule has 30 valence electrons. The first kappa shape index (κ1) is 7.90. The Labute approximate surface area is 87.3 Å². The van der Waals surface area contributed by atoms with Gasteiger partial charge in [-0.3, -0.25) is 0 Å². The van der Waals surface area contributed by atoms with E-state index in [4.69, 9.17) is 0 Å². The molecule has 0 amide bonds. The Morgan fingerprint density at radius 1 is 1.50 bits per heavy atom. The normalized spacial score (nSPS) is 17.3. The predicted octanol–water partition coefficient (Wildman–Crippen LogP) is 0.378. The Kier molecular flexibility index (Phi) is 6.63. The number of rotatable bonds is 0. The van der Waals surface area contributed by atoms with E-state index in [-0.39, 0.29) is 51.4 Å². The Bertz CT molecular complexity index is 45.5. The molecule has 6 heavy (non-hydrogen) atoms. The average molecular weight is 173 g/mol. The molecule has 0 bridgehead atoms. The zero-order valence-corrected chi connectivity index (χ0v) is 4.69. The minimum absolute atomic E-state index is 0. The molecule has 0 fully saturated rings. The molecule has 0 unspecified atom stereocenters. The molecule has 0 aliphatic carbocycles. The van der Waals surface area contributed by atoms with Crippen molar-refractivity contribution in [3.63, 3.8) is 0 Å². The summed E-state index contributed by atoms with van der Waals surface area (Å²) in [7, 11) is 0. The monoisotopic (exact) mass is 174 g/mol. The Hall–Kier alpha value is 1.90. The summed E-state index contributed by atoms with van der Waals surface area (Å²) in [4.78, 5) is 2.30.